The third kappa shape index (κ3) is 3.88. The number of imidazole rings is 1. The Morgan fingerprint density at radius 2 is 1.92 bits per heavy atom. The lowest BCUT2D eigenvalue weighted by atomic mass is 10.1. The lowest BCUT2D eigenvalue weighted by molar-refractivity contribution is -0.137. The monoisotopic (exact) mass is 353 g/mol. The average molecular weight is 354 g/mol. The van der Waals surface area contributed by atoms with Crippen molar-refractivity contribution in [2.45, 2.75) is 19.1 Å². The summed E-state index contributed by atoms with van der Waals surface area (Å²) in [6.45, 7) is 1.13. The van der Waals surface area contributed by atoms with Crippen molar-refractivity contribution in [2.75, 3.05) is 6.54 Å². The van der Waals surface area contributed by atoms with E-state index in [2.05, 4.69) is 15.3 Å². The number of rotatable bonds is 5. The number of fused-ring (bicyclic) bond motifs is 1. The van der Waals surface area contributed by atoms with Gasteiger partial charge in [0, 0.05) is 5.02 Å². The minimum absolute atomic E-state index is 0.382. The fourth-order valence-corrected chi connectivity index (χ4v) is 2.68. The molecule has 0 radical (unpaired) electrons. The molecular formula is C17H15ClF3N3. The molecule has 126 valence electrons. The predicted octanol–water partition coefficient (Wildman–Crippen LogP) is 4.57. The summed E-state index contributed by atoms with van der Waals surface area (Å²) in [4.78, 5) is 7.20. The van der Waals surface area contributed by atoms with Crippen molar-refractivity contribution in [3.05, 3.63) is 64.4 Å². The Balaban J connectivity index is 1.60. The second-order valence-electron chi connectivity index (χ2n) is 5.43. The lowest BCUT2D eigenvalue weighted by Gasteiger charge is -2.05. The molecule has 2 N–H and O–H groups in total. The van der Waals surface area contributed by atoms with Gasteiger partial charge >= 0.3 is 6.18 Å². The van der Waals surface area contributed by atoms with Crippen molar-refractivity contribution < 1.29 is 13.2 Å². The van der Waals surface area contributed by atoms with Gasteiger partial charge in [-0.3, -0.25) is 0 Å². The van der Waals surface area contributed by atoms with Gasteiger partial charge in [0.25, 0.3) is 0 Å². The molecule has 0 amide bonds. The summed E-state index contributed by atoms with van der Waals surface area (Å²) in [5.74, 6) is 0.600. The fourth-order valence-electron chi connectivity index (χ4n) is 2.45. The quantitative estimate of drug-likeness (QED) is 0.660. The van der Waals surface area contributed by atoms with E-state index in [0.717, 1.165) is 29.1 Å². The number of nitrogens with one attached hydrogen (secondary N) is 2. The van der Waals surface area contributed by atoms with E-state index in [1.54, 1.807) is 0 Å². The molecule has 7 heteroatoms. The number of nitrogens with zero attached hydrogens (tertiary/aromatic N) is 1. The average Bonchev–Trinajstić information content (AvgIpc) is 2.94. The molecule has 0 unspecified atom stereocenters. The molecule has 3 aromatic rings. The SMILES string of the molecule is FC(F)(F)c1ccc2nc(CNCCc3ccccc3Cl)[nH]c2c1. The summed E-state index contributed by atoms with van der Waals surface area (Å²) in [5.41, 5.74) is 1.27. The summed E-state index contributed by atoms with van der Waals surface area (Å²) >= 11 is 6.09. The third-order valence-corrected chi connectivity index (χ3v) is 4.05. The van der Waals surface area contributed by atoms with Crippen molar-refractivity contribution in [3.8, 4) is 0 Å². The molecule has 3 rings (SSSR count). The Kier molecular flexibility index (Phi) is 4.78. The van der Waals surface area contributed by atoms with Crippen LogP contribution in [0.15, 0.2) is 42.5 Å². The van der Waals surface area contributed by atoms with Gasteiger partial charge in [0.15, 0.2) is 0 Å². The number of H-pyrrole nitrogens is 1. The summed E-state index contributed by atoms with van der Waals surface area (Å²) in [6, 6.07) is 11.1. The predicted molar refractivity (Wildman–Crippen MR) is 88.0 cm³/mol. The van der Waals surface area contributed by atoms with E-state index in [9.17, 15) is 13.2 Å². The Labute approximate surface area is 141 Å². The number of aromatic nitrogens is 2. The smallest absolute Gasteiger partial charge is 0.341 e. The van der Waals surface area contributed by atoms with Gasteiger partial charge in [-0.1, -0.05) is 29.8 Å². The largest absolute Gasteiger partial charge is 0.416 e. The molecule has 0 saturated carbocycles. The molecule has 24 heavy (non-hydrogen) atoms. The van der Waals surface area contributed by atoms with E-state index >= 15 is 0 Å². The molecule has 3 nitrogen and oxygen atoms in total. The van der Waals surface area contributed by atoms with Gasteiger partial charge < -0.3 is 10.3 Å². The van der Waals surface area contributed by atoms with Crippen LogP contribution in [-0.4, -0.2) is 16.5 Å². The fraction of sp³-hybridized carbons (Fsp3) is 0.235. The highest BCUT2D eigenvalue weighted by Gasteiger charge is 2.30. The molecule has 0 spiro atoms. The first-order valence-corrected chi connectivity index (χ1v) is 7.81. The molecule has 0 aliphatic heterocycles. The van der Waals surface area contributed by atoms with Crippen molar-refractivity contribution in [2.24, 2.45) is 0 Å². The van der Waals surface area contributed by atoms with Crippen molar-refractivity contribution >= 4 is 22.6 Å². The zero-order valence-electron chi connectivity index (χ0n) is 12.6. The zero-order valence-corrected chi connectivity index (χ0v) is 13.4. The van der Waals surface area contributed by atoms with Crippen molar-refractivity contribution in [3.63, 3.8) is 0 Å². The first-order valence-electron chi connectivity index (χ1n) is 7.43. The third-order valence-electron chi connectivity index (χ3n) is 3.68. The molecule has 0 atom stereocenters. The number of hydrogen-bond donors (Lipinski definition) is 2. The van der Waals surface area contributed by atoms with Crippen molar-refractivity contribution in [1.29, 1.82) is 0 Å². The molecule has 0 aliphatic rings. The molecule has 1 heterocycles. The topological polar surface area (TPSA) is 40.7 Å². The second kappa shape index (κ2) is 6.83. The van der Waals surface area contributed by atoms with Crippen LogP contribution in [0.4, 0.5) is 13.2 Å². The van der Waals surface area contributed by atoms with Crippen molar-refractivity contribution in [1.82, 2.24) is 15.3 Å². The van der Waals surface area contributed by atoms with Crippen LogP contribution in [0.5, 0.6) is 0 Å². The molecular weight excluding hydrogens is 339 g/mol. The number of halogens is 4. The van der Waals surface area contributed by atoms with Gasteiger partial charge in [-0.2, -0.15) is 13.2 Å². The van der Waals surface area contributed by atoms with E-state index in [4.69, 9.17) is 11.6 Å². The summed E-state index contributed by atoms with van der Waals surface area (Å²) in [6.07, 6.45) is -3.59. The van der Waals surface area contributed by atoms with Crippen LogP contribution in [0.1, 0.15) is 17.0 Å². The van der Waals surface area contributed by atoms with Crippen LogP contribution >= 0.6 is 11.6 Å². The molecule has 2 aromatic carbocycles. The highest BCUT2D eigenvalue weighted by atomic mass is 35.5. The van der Waals surface area contributed by atoms with Gasteiger partial charge in [0.2, 0.25) is 0 Å². The van der Waals surface area contributed by atoms with E-state index in [1.165, 1.54) is 6.07 Å². The molecule has 0 aliphatic carbocycles. The maximum Gasteiger partial charge on any atom is 0.416 e. The van der Waals surface area contributed by atoms with E-state index in [1.807, 2.05) is 24.3 Å². The minimum atomic E-state index is -4.35. The lowest BCUT2D eigenvalue weighted by Crippen LogP contribution is -2.17. The first-order chi connectivity index (χ1) is 11.4. The Morgan fingerprint density at radius 3 is 2.67 bits per heavy atom. The highest BCUT2D eigenvalue weighted by molar-refractivity contribution is 6.31. The van der Waals surface area contributed by atoms with Gasteiger partial charge in [-0.25, -0.2) is 4.98 Å². The normalized spacial score (nSPS) is 12.0. The van der Waals surface area contributed by atoms with Crippen LogP contribution < -0.4 is 5.32 Å². The van der Waals surface area contributed by atoms with E-state index in [-0.39, 0.29) is 0 Å². The summed E-state index contributed by atoms with van der Waals surface area (Å²) in [7, 11) is 0. The van der Waals surface area contributed by atoms with Gasteiger partial charge in [-0.15, -0.1) is 0 Å². The van der Waals surface area contributed by atoms with E-state index < -0.39 is 11.7 Å². The van der Waals surface area contributed by atoms with Crippen LogP contribution in [-0.2, 0) is 19.1 Å². The minimum Gasteiger partial charge on any atom is -0.341 e. The molecule has 0 bridgehead atoms. The zero-order chi connectivity index (χ0) is 17.2. The number of hydrogen-bond acceptors (Lipinski definition) is 2. The number of aromatic amines is 1. The Hall–Kier alpha value is -2.05. The first kappa shape index (κ1) is 16.8. The Bertz CT molecular complexity index is 842. The summed E-state index contributed by atoms with van der Waals surface area (Å²) in [5, 5.41) is 3.93. The van der Waals surface area contributed by atoms with Crippen LogP contribution in [0.3, 0.4) is 0 Å². The highest BCUT2D eigenvalue weighted by Crippen LogP contribution is 2.30. The molecule has 1 aromatic heterocycles. The maximum atomic E-state index is 12.7. The summed E-state index contributed by atoms with van der Waals surface area (Å²) < 4.78 is 38.1. The van der Waals surface area contributed by atoms with E-state index in [0.29, 0.717) is 29.9 Å². The van der Waals surface area contributed by atoms with Gasteiger partial charge in [0.1, 0.15) is 5.82 Å². The Morgan fingerprint density at radius 1 is 1.12 bits per heavy atom. The van der Waals surface area contributed by atoms with Gasteiger partial charge in [-0.05, 0) is 42.8 Å². The molecule has 0 fully saturated rings. The second-order valence-corrected chi connectivity index (χ2v) is 5.84. The van der Waals surface area contributed by atoms with Crippen LogP contribution in [0.25, 0.3) is 11.0 Å². The maximum absolute atomic E-state index is 12.7. The molecule has 0 saturated heterocycles. The standard InChI is InChI=1S/C17H15ClF3N3/c18-13-4-2-1-3-11(13)7-8-22-10-16-23-14-6-5-12(17(19,20)21)9-15(14)24-16/h1-6,9,22H,7-8,10H2,(H,23,24). The van der Waals surface area contributed by atoms with Gasteiger partial charge in [0.05, 0.1) is 23.1 Å². The number of benzene rings is 2. The number of alkyl halides is 3. The van der Waals surface area contributed by atoms with Crippen LogP contribution in [0.2, 0.25) is 5.02 Å². The van der Waals surface area contributed by atoms with Crippen LogP contribution in [0, 0.1) is 0 Å².